The van der Waals surface area contributed by atoms with Crippen LogP contribution < -0.4 is 4.90 Å². The molecule has 2 atom stereocenters. The van der Waals surface area contributed by atoms with Gasteiger partial charge in [0.2, 0.25) is 0 Å². The molecule has 0 spiro atoms. The van der Waals surface area contributed by atoms with Gasteiger partial charge in [-0.05, 0) is 28.1 Å². The molecule has 4 nitrogen and oxygen atoms in total. The maximum atomic E-state index is 9.39. The molecule has 0 radical (unpaired) electrons. The predicted molar refractivity (Wildman–Crippen MR) is 56.2 cm³/mol. The highest BCUT2D eigenvalue weighted by atomic mass is 79.9. The highest BCUT2D eigenvalue weighted by Crippen LogP contribution is 2.26. The van der Waals surface area contributed by atoms with E-state index in [1.807, 2.05) is 17.0 Å². The lowest BCUT2D eigenvalue weighted by Crippen LogP contribution is -2.22. The molecule has 2 heterocycles. The van der Waals surface area contributed by atoms with Crippen molar-refractivity contribution in [2.24, 2.45) is 0 Å². The van der Waals surface area contributed by atoms with E-state index in [2.05, 4.69) is 20.9 Å². The molecular weight excluding hydrogens is 248 g/mol. The van der Waals surface area contributed by atoms with Gasteiger partial charge < -0.3 is 15.1 Å². The Kier molecular flexibility index (Phi) is 2.71. The second kappa shape index (κ2) is 3.84. The first-order chi connectivity index (χ1) is 6.68. The molecule has 76 valence electrons. The molecule has 14 heavy (non-hydrogen) atoms. The highest BCUT2D eigenvalue weighted by Gasteiger charge is 2.30. The second-order valence-corrected chi connectivity index (χ2v) is 4.20. The van der Waals surface area contributed by atoms with Crippen LogP contribution in [0, 0.1) is 0 Å². The Balaban J connectivity index is 2.21. The average molecular weight is 259 g/mol. The van der Waals surface area contributed by atoms with Crippen LogP contribution >= 0.6 is 15.9 Å². The number of hydrogen-bond donors (Lipinski definition) is 2. The zero-order valence-electron chi connectivity index (χ0n) is 7.47. The molecule has 2 rings (SSSR count). The molecule has 1 saturated heterocycles. The molecule has 0 amide bonds. The third-order valence-corrected chi connectivity index (χ3v) is 2.92. The molecule has 1 aromatic rings. The summed E-state index contributed by atoms with van der Waals surface area (Å²) in [6.45, 7) is 0.855. The van der Waals surface area contributed by atoms with Crippen molar-refractivity contribution < 1.29 is 10.2 Å². The first-order valence-corrected chi connectivity index (χ1v) is 5.19. The Labute approximate surface area is 90.3 Å². The lowest BCUT2D eigenvalue weighted by molar-refractivity contribution is 0.0572. The number of nitrogens with zero attached hydrogens (tertiary/aromatic N) is 2. The van der Waals surface area contributed by atoms with Gasteiger partial charge in [-0.3, -0.25) is 0 Å². The minimum atomic E-state index is -0.677. The minimum Gasteiger partial charge on any atom is -0.389 e. The van der Waals surface area contributed by atoms with E-state index in [0.29, 0.717) is 13.1 Å². The fourth-order valence-electron chi connectivity index (χ4n) is 1.55. The van der Waals surface area contributed by atoms with E-state index >= 15 is 0 Å². The fourth-order valence-corrected chi connectivity index (χ4v) is 2.06. The van der Waals surface area contributed by atoms with Crippen molar-refractivity contribution in [3.05, 3.63) is 22.8 Å². The van der Waals surface area contributed by atoms with Crippen LogP contribution in [-0.4, -0.2) is 40.5 Å². The first kappa shape index (κ1) is 9.89. The molecule has 1 aliphatic heterocycles. The molecule has 2 unspecified atom stereocenters. The summed E-state index contributed by atoms with van der Waals surface area (Å²) in [5.74, 6) is 0.767. The summed E-state index contributed by atoms with van der Waals surface area (Å²) >= 11 is 3.38. The topological polar surface area (TPSA) is 56.6 Å². The van der Waals surface area contributed by atoms with Crippen LogP contribution in [0.4, 0.5) is 5.82 Å². The van der Waals surface area contributed by atoms with Gasteiger partial charge >= 0.3 is 0 Å². The number of anilines is 1. The van der Waals surface area contributed by atoms with Crippen molar-refractivity contribution in [2.75, 3.05) is 18.0 Å². The summed E-state index contributed by atoms with van der Waals surface area (Å²) in [6.07, 6.45) is 0.338. The van der Waals surface area contributed by atoms with Crippen molar-refractivity contribution in [3.63, 3.8) is 0 Å². The van der Waals surface area contributed by atoms with Crippen LogP contribution in [0.5, 0.6) is 0 Å². The van der Waals surface area contributed by atoms with Crippen LogP contribution in [0.2, 0.25) is 0 Å². The van der Waals surface area contributed by atoms with Gasteiger partial charge in [0.1, 0.15) is 5.82 Å². The number of β-amino-alcohol motifs (C(OH)–C–C–N with tert-alkyl or cyclic N) is 2. The van der Waals surface area contributed by atoms with Gasteiger partial charge in [0.05, 0.1) is 16.7 Å². The molecule has 0 saturated carbocycles. The lowest BCUT2D eigenvalue weighted by atomic mass is 10.3. The Hall–Kier alpha value is -0.650. The number of rotatable bonds is 1. The van der Waals surface area contributed by atoms with Gasteiger partial charge in [0.15, 0.2) is 0 Å². The van der Waals surface area contributed by atoms with Crippen molar-refractivity contribution in [3.8, 4) is 0 Å². The molecule has 0 aromatic carbocycles. The summed E-state index contributed by atoms with van der Waals surface area (Å²) in [7, 11) is 0. The lowest BCUT2D eigenvalue weighted by Gasteiger charge is -2.17. The maximum absolute atomic E-state index is 9.39. The van der Waals surface area contributed by atoms with Crippen LogP contribution in [-0.2, 0) is 0 Å². The van der Waals surface area contributed by atoms with Gasteiger partial charge in [-0.25, -0.2) is 4.98 Å². The van der Waals surface area contributed by atoms with Crippen molar-refractivity contribution in [2.45, 2.75) is 12.2 Å². The number of halogens is 1. The van der Waals surface area contributed by atoms with Gasteiger partial charge in [0.25, 0.3) is 0 Å². The fraction of sp³-hybridized carbons (Fsp3) is 0.444. The monoisotopic (exact) mass is 258 g/mol. The molecule has 5 heteroatoms. The van der Waals surface area contributed by atoms with Gasteiger partial charge in [-0.1, -0.05) is 0 Å². The van der Waals surface area contributed by atoms with E-state index in [1.165, 1.54) is 0 Å². The van der Waals surface area contributed by atoms with Crippen molar-refractivity contribution >= 4 is 21.7 Å². The summed E-state index contributed by atoms with van der Waals surface area (Å²) in [6, 6.07) is 3.72. The van der Waals surface area contributed by atoms with E-state index in [1.54, 1.807) is 6.20 Å². The Bertz CT molecular complexity index is 324. The van der Waals surface area contributed by atoms with Crippen LogP contribution in [0.1, 0.15) is 0 Å². The van der Waals surface area contributed by atoms with E-state index < -0.39 is 12.2 Å². The minimum absolute atomic E-state index is 0.427. The van der Waals surface area contributed by atoms with Crippen LogP contribution in [0.15, 0.2) is 22.8 Å². The van der Waals surface area contributed by atoms with Gasteiger partial charge in [-0.2, -0.15) is 0 Å². The van der Waals surface area contributed by atoms with E-state index in [4.69, 9.17) is 0 Å². The van der Waals surface area contributed by atoms with Crippen molar-refractivity contribution in [1.82, 2.24) is 4.98 Å². The number of aliphatic hydroxyl groups excluding tert-OH is 2. The maximum Gasteiger partial charge on any atom is 0.143 e. The van der Waals surface area contributed by atoms with Crippen LogP contribution in [0.3, 0.4) is 0 Å². The van der Waals surface area contributed by atoms with Crippen molar-refractivity contribution in [1.29, 1.82) is 0 Å². The predicted octanol–water partition coefficient (Wildman–Crippen LogP) is 0.386. The number of pyridine rings is 1. The van der Waals surface area contributed by atoms with E-state index in [-0.39, 0.29) is 0 Å². The Morgan fingerprint density at radius 3 is 2.57 bits per heavy atom. The second-order valence-electron chi connectivity index (χ2n) is 3.35. The summed E-state index contributed by atoms with van der Waals surface area (Å²) in [5, 5.41) is 18.8. The zero-order chi connectivity index (χ0) is 10.1. The normalized spacial score (nSPS) is 26.9. The molecule has 1 aromatic heterocycles. The zero-order valence-corrected chi connectivity index (χ0v) is 9.05. The first-order valence-electron chi connectivity index (χ1n) is 4.40. The Morgan fingerprint density at radius 2 is 2.00 bits per heavy atom. The van der Waals surface area contributed by atoms with Crippen LogP contribution in [0.25, 0.3) is 0 Å². The number of hydrogen-bond acceptors (Lipinski definition) is 4. The molecule has 0 aliphatic carbocycles. The summed E-state index contributed by atoms with van der Waals surface area (Å²) in [4.78, 5) is 6.05. The molecular formula is C9H11BrN2O2. The summed E-state index contributed by atoms with van der Waals surface area (Å²) < 4.78 is 0.876. The molecule has 1 fully saturated rings. The molecule has 0 bridgehead atoms. The number of aromatic nitrogens is 1. The van der Waals surface area contributed by atoms with E-state index in [0.717, 1.165) is 10.3 Å². The third-order valence-electron chi connectivity index (χ3n) is 2.30. The largest absolute Gasteiger partial charge is 0.389 e. The standard InChI is InChI=1S/C9H11BrN2O2/c10-6-2-1-3-11-9(6)12-4-7(13)8(14)5-12/h1-3,7-8,13-14H,4-5H2. The summed E-state index contributed by atoms with van der Waals surface area (Å²) in [5.41, 5.74) is 0. The van der Waals surface area contributed by atoms with Gasteiger partial charge in [0, 0.05) is 19.3 Å². The van der Waals surface area contributed by atoms with E-state index in [9.17, 15) is 10.2 Å². The highest BCUT2D eigenvalue weighted by molar-refractivity contribution is 9.10. The Morgan fingerprint density at radius 1 is 1.36 bits per heavy atom. The quantitative estimate of drug-likeness (QED) is 0.765. The smallest absolute Gasteiger partial charge is 0.143 e. The number of aliphatic hydroxyl groups is 2. The van der Waals surface area contributed by atoms with Gasteiger partial charge in [-0.15, -0.1) is 0 Å². The average Bonchev–Trinajstić information content (AvgIpc) is 2.48. The SMILES string of the molecule is OC1CN(c2ncccc2Br)CC1O. The molecule has 2 N–H and O–H groups in total. The third kappa shape index (κ3) is 1.75. The molecule has 1 aliphatic rings.